The first-order valence-electron chi connectivity index (χ1n) is 6.64. The van der Waals surface area contributed by atoms with Crippen LogP contribution in [0.15, 0.2) is 10.7 Å². The first-order valence-corrected chi connectivity index (χ1v) is 7.43. The molecule has 0 amide bonds. The average molecular weight is 314 g/mol. The lowest BCUT2D eigenvalue weighted by Crippen LogP contribution is -2.27. The normalized spacial score (nSPS) is 23.5. The number of nitrogens with zero attached hydrogens (tertiary/aromatic N) is 2. The Morgan fingerprint density at radius 2 is 2.39 bits per heavy atom. The number of carbonyl (C=O) groups is 1. The van der Waals surface area contributed by atoms with Gasteiger partial charge >= 0.3 is 0 Å². The Labute approximate surface area is 116 Å². The highest BCUT2D eigenvalue weighted by Crippen LogP contribution is 2.34. The second kappa shape index (κ2) is 5.97. The molecule has 0 bridgehead atoms. The zero-order valence-electron chi connectivity index (χ0n) is 10.7. The van der Waals surface area contributed by atoms with Crippen LogP contribution in [-0.4, -0.2) is 22.1 Å². The smallest absolute Gasteiger partial charge is 0.185 e. The van der Waals surface area contributed by atoms with Gasteiger partial charge in [-0.2, -0.15) is 5.10 Å². The molecule has 4 nitrogen and oxygen atoms in total. The maximum Gasteiger partial charge on any atom is 0.185 e. The third-order valence-corrected chi connectivity index (χ3v) is 4.34. The van der Waals surface area contributed by atoms with Crippen LogP contribution in [0.5, 0.6) is 0 Å². The van der Waals surface area contributed by atoms with Crippen LogP contribution in [0.3, 0.4) is 0 Å². The number of aryl methyl sites for hydroxylation is 1. The summed E-state index contributed by atoms with van der Waals surface area (Å²) in [5.74, 6) is 0.633. The molecular weight excluding hydrogens is 294 g/mol. The molecule has 5 heteroatoms. The van der Waals surface area contributed by atoms with Crippen LogP contribution >= 0.6 is 15.9 Å². The van der Waals surface area contributed by atoms with Crippen LogP contribution < -0.4 is 5.73 Å². The van der Waals surface area contributed by atoms with E-state index in [2.05, 4.69) is 28.0 Å². The van der Waals surface area contributed by atoms with E-state index in [1.807, 2.05) is 4.68 Å². The van der Waals surface area contributed by atoms with E-state index in [1.54, 1.807) is 6.20 Å². The summed E-state index contributed by atoms with van der Waals surface area (Å²) in [6.45, 7) is 3.48. The van der Waals surface area contributed by atoms with Gasteiger partial charge in [-0.3, -0.25) is 9.48 Å². The Bertz CT molecular complexity index is 430. The molecule has 2 N–H and O–H groups in total. The van der Waals surface area contributed by atoms with E-state index >= 15 is 0 Å². The minimum atomic E-state index is 0.0820. The SMILES string of the molecule is CCCn1ncc(Br)c1C(=O)C1CCCC1CN. The Hall–Kier alpha value is -0.680. The van der Waals surface area contributed by atoms with Gasteiger partial charge in [0.25, 0.3) is 0 Å². The summed E-state index contributed by atoms with van der Waals surface area (Å²) in [7, 11) is 0. The molecule has 2 rings (SSSR count). The molecule has 0 spiro atoms. The van der Waals surface area contributed by atoms with Crippen LogP contribution in [0.25, 0.3) is 0 Å². The summed E-state index contributed by atoms with van der Waals surface area (Å²) in [6, 6.07) is 0. The molecular formula is C13H20BrN3O. The standard InChI is InChI=1S/C13H20BrN3O/c1-2-6-17-12(11(14)8-16-17)13(18)10-5-3-4-9(10)7-15/h8-10H,2-7,15H2,1H3. The average Bonchev–Trinajstić information content (AvgIpc) is 2.96. The topological polar surface area (TPSA) is 60.9 Å². The van der Waals surface area contributed by atoms with Crippen molar-refractivity contribution < 1.29 is 4.79 Å². The van der Waals surface area contributed by atoms with Crippen molar-refractivity contribution in [3.8, 4) is 0 Å². The molecule has 1 aliphatic rings. The molecule has 18 heavy (non-hydrogen) atoms. The van der Waals surface area contributed by atoms with E-state index in [0.29, 0.717) is 12.5 Å². The summed E-state index contributed by atoms with van der Waals surface area (Å²) in [5, 5.41) is 4.27. The number of nitrogens with two attached hydrogens (primary N) is 1. The quantitative estimate of drug-likeness (QED) is 0.850. The second-order valence-corrected chi connectivity index (χ2v) is 5.82. The third kappa shape index (κ3) is 2.52. The van der Waals surface area contributed by atoms with Gasteiger partial charge in [0.2, 0.25) is 0 Å². The van der Waals surface area contributed by atoms with Crippen molar-refractivity contribution in [2.45, 2.75) is 39.2 Å². The summed E-state index contributed by atoms with van der Waals surface area (Å²) in [4.78, 5) is 12.6. The molecule has 1 fully saturated rings. The fourth-order valence-corrected chi connectivity index (χ4v) is 3.32. The van der Waals surface area contributed by atoms with Gasteiger partial charge in [0.15, 0.2) is 5.78 Å². The van der Waals surface area contributed by atoms with Crippen molar-refractivity contribution in [3.05, 3.63) is 16.4 Å². The Morgan fingerprint density at radius 3 is 3.06 bits per heavy atom. The number of carbonyl (C=O) groups excluding carboxylic acids is 1. The van der Waals surface area contributed by atoms with E-state index in [1.165, 1.54) is 0 Å². The molecule has 1 aromatic rings. The van der Waals surface area contributed by atoms with Gasteiger partial charge in [-0.15, -0.1) is 0 Å². The number of aromatic nitrogens is 2. The molecule has 100 valence electrons. The zero-order valence-corrected chi connectivity index (χ0v) is 12.3. The van der Waals surface area contributed by atoms with E-state index in [4.69, 9.17) is 5.73 Å². The van der Waals surface area contributed by atoms with Gasteiger partial charge in [0.05, 0.1) is 10.7 Å². The zero-order chi connectivity index (χ0) is 13.1. The first kappa shape index (κ1) is 13.7. The second-order valence-electron chi connectivity index (χ2n) is 4.96. The van der Waals surface area contributed by atoms with Crippen molar-refractivity contribution in [2.24, 2.45) is 17.6 Å². The van der Waals surface area contributed by atoms with Gasteiger partial charge < -0.3 is 5.73 Å². The fourth-order valence-electron chi connectivity index (χ4n) is 2.83. The third-order valence-electron chi connectivity index (χ3n) is 3.76. The Balaban J connectivity index is 2.25. The van der Waals surface area contributed by atoms with Crippen molar-refractivity contribution in [3.63, 3.8) is 0 Å². The lowest BCUT2D eigenvalue weighted by Gasteiger charge is -2.17. The molecule has 0 aliphatic heterocycles. The first-order chi connectivity index (χ1) is 8.69. The Kier molecular flexibility index (Phi) is 4.56. The molecule has 1 heterocycles. The van der Waals surface area contributed by atoms with Crippen LogP contribution in [0.2, 0.25) is 0 Å². The van der Waals surface area contributed by atoms with Crippen molar-refractivity contribution in [1.82, 2.24) is 9.78 Å². The molecule has 0 saturated heterocycles. The summed E-state index contributed by atoms with van der Waals surface area (Å²) < 4.78 is 2.63. The minimum Gasteiger partial charge on any atom is -0.330 e. The molecule has 1 aliphatic carbocycles. The van der Waals surface area contributed by atoms with Crippen LogP contribution in [0.1, 0.15) is 43.1 Å². The summed E-state index contributed by atoms with van der Waals surface area (Å²) >= 11 is 3.44. The lowest BCUT2D eigenvalue weighted by molar-refractivity contribution is 0.0881. The highest BCUT2D eigenvalue weighted by molar-refractivity contribution is 9.10. The van der Waals surface area contributed by atoms with Gasteiger partial charge in [-0.25, -0.2) is 0 Å². The van der Waals surface area contributed by atoms with Gasteiger partial charge in [0, 0.05) is 12.5 Å². The van der Waals surface area contributed by atoms with Gasteiger partial charge in [-0.1, -0.05) is 13.3 Å². The molecule has 2 atom stereocenters. The van der Waals surface area contributed by atoms with Crippen molar-refractivity contribution in [2.75, 3.05) is 6.54 Å². The van der Waals surface area contributed by atoms with E-state index in [9.17, 15) is 4.79 Å². The highest BCUT2D eigenvalue weighted by atomic mass is 79.9. The van der Waals surface area contributed by atoms with Crippen molar-refractivity contribution >= 4 is 21.7 Å². The summed E-state index contributed by atoms with van der Waals surface area (Å²) in [6.07, 6.45) is 5.84. The number of hydrogen-bond donors (Lipinski definition) is 1. The number of ketones is 1. The number of rotatable bonds is 5. The van der Waals surface area contributed by atoms with E-state index < -0.39 is 0 Å². The molecule has 0 radical (unpaired) electrons. The largest absolute Gasteiger partial charge is 0.330 e. The van der Waals surface area contributed by atoms with Gasteiger partial charge in [0.1, 0.15) is 5.69 Å². The predicted molar refractivity (Wildman–Crippen MR) is 74.4 cm³/mol. The maximum absolute atomic E-state index is 12.6. The lowest BCUT2D eigenvalue weighted by atomic mass is 9.90. The number of hydrogen-bond acceptors (Lipinski definition) is 3. The molecule has 1 saturated carbocycles. The highest BCUT2D eigenvalue weighted by Gasteiger charge is 2.34. The molecule has 0 aromatic carbocycles. The number of Topliss-reactive ketones (excluding diaryl/α,β-unsaturated/α-hetero) is 1. The van der Waals surface area contributed by atoms with Gasteiger partial charge in [-0.05, 0) is 47.7 Å². The molecule has 1 aromatic heterocycles. The summed E-state index contributed by atoms with van der Waals surface area (Å²) in [5.41, 5.74) is 6.49. The molecule has 2 unspecified atom stereocenters. The monoisotopic (exact) mass is 313 g/mol. The van der Waals surface area contributed by atoms with Crippen molar-refractivity contribution in [1.29, 1.82) is 0 Å². The van der Waals surface area contributed by atoms with E-state index in [-0.39, 0.29) is 11.7 Å². The van der Waals surface area contributed by atoms with Crippen LogP contribution in [-0.2, 0) is 6.54 Å². The van der Waals surface area contributed by atoms with E-state index in [0.717, 1.165) is 42.4 Å². The predicted octanol–water partition coefficient (Wildman–Crippen LogP) is 2.61. The maximum atomic E-state index is 12.6. The minimum absolute atomic E-state index is 0.0820. The van der Waals surface area contributed by atoms with Crippen LogP contribution in [0, 0.1) is 11.8 Å². The Morgan fingerprint density at radius 1 is 1.61 bits per heavy atom. The number of halogens is 1. The van der Waals surface area contributed by atoms with Crippen LogP contribution in [0.4, 0.5) is 0 Å². The fraction of sp³-hybridized carbons (Fsp3) is 0.692.